The quantitative estimate of drug-likeness (QED) is 0.737. The predicted octanol–water partition coefficient (Wildman–Crippen LogP) is 2.88. The Morgan fingerprint density at radius 3 is 3.04 bits per heavy atom. The highest BCUT2D eigenvalue weighted by Crippen LogP contribution is 2.24. The first-order chi connectivity index (χ1) is 11.2. The van der Waals surface area contributed by atoms with Crippen LogP contribution in [0.3, 0.4) is 0 Å². The van der Waals surface area contributed by atoms with Gasteiger partial charge in [-0.1, -0.05) is 0 Å². The summed E-state index contributed by atoms with van der Waals surface area (Å²) in [5.74, 6) is 1.17. The molecule has 0 aliphatic carbocycles. The number of imidazole rings is 1. The summed E-state index contributed by atoms with van der Waals surface area (Å²) in [5, 5.41) is 0. The van der Waals surface area contributed by atoms with Crippen LogP contribution in [0.2, 0.25) is 0 Å². The summed E-state index contributed by atoms with van der Waals surface area (Å²) >= 11 is 0. The number of likely N-dealkylation sites (tertiary alicyclic amines) is 1. The zero-order valence-corrected chi connectivity index (χ0v) is 14.5. The third-order valence-electron chi connectivity index (χ3n) is 4.82. The van der Waals surface area contributed by atoms with Crippen molar-refractivity contribution in [1.29, 1.82) is 0 Å². The van der Waals surface area contributed by atoms with Crippen LogP contribution in [0.25, 0.3) is 11.2 Å². The fourth-order valence-electron chi connectivity index (χ4n) is 3.73. The molecule has 3 rings (SSSR count). The molecule has 0 saturated carbocycles. The molecule has 0 bridgehead atoms. The zero-order chi connectivity index (χ0) is 16.2. The van der Waals surface area contributed by atoms with Crippen LogP contribution in [0.4, 0.5) is 0 Å². The summed E-state index contributed by atoms with van der Waals surface area (Å²) in [6.45, 7) is 7.49. The maximum Gasteiger partial charge on any atom is 0.159 e. The maximum absolute atomic E-state index is 5.21. The van der Waals surface area contributed by atoms with Crippen LogP contribution in [-0.4, -0.2) is 51.8 Å². The number of nitrogens with zero attached hydrogens (tertiary/aromatic N) is 4. The number of aromatic nitrogens is 3. The molecule has 1 atom stereocenters. The lowest BCUT2D eigenvalue weighted by Crippen LogP contribution is -2.37. The minimum absolute atomic E-state index is 0.604. The third kappa shape index (κ3) is 3.56. The van der Waals surface area contributed by atoms with Crippen molar-refractivity contribution in [3.8, 4) is 0 Å². The predicted molar refractivity (Wildman–Crippen MR) is 92.6 cm³/mol. The highest BCUT2D eigenvalue weighted by Gasteiger charge is 2.28. The van der Waals surface area contributed by atoms with E-state index >= 15 is 0 Å². The van der Waals surface area contributed by atoms with E-state index in [1.165, 1.54) is 25.2 Å². The van der Waals surface area contributed by atoms with Crippen molar-refractivity contribution in [2.75, 3.05) is 20.3 Å². The van der Waals surface area contributed by atoms with Gasteiger partial charge in [-0.05, 0) is 51.8 Å². The third-order valence-corrected chi connectivity index (χ3v) is 4.82. The van der Waals surface area contributed by atoms with Gasteiger partial charge in [-0.15, -0.1) is 0 Å². The molecular weight excluding hydrogens is 288 g/mol. The summed E-state index contributed by atoms with van der Waals surface area (Å²) in [5.41, 5.74) is 2.02. The number of hydrogen-bond acceptors (Lipinski definition) is 4. The summed E-state index contributed by atoms with van der Waals surface area (Å²) in [6, 6.07) is 5.24. The number of fused-ring (bicyclic) bond motifs is 1. The van der Waals surface area contributed by atoms with Crippen LogP contribution in [0.5, 0.6) is 0 Å². The Morgan fingerprint density at radius 2 is 2.26 bits per heavy atom. The molecule has 0 aromatic carbocycles. The van der Waals surface area contributed by atoms with Crippen molar-refractivity contribution in [3.05, 3.63) is 24.2 Å². The lowest BCUT2D eigenvalue weighted by atomic mass is 10.1. The van der Waals surface area contributed by atoms with Crippen LogP contribution in [0, 0.1) is 0 Å². The average molecular weight is 316 g/mol. The molecule has 5 nitrogen and oxygen atoms in total. The Kier molecular flexibility index (Phi) is 5.28. The van der Waals surface area contributed by atoms with Crippen LogP contribution in [0.1, 0.15) is 38.9 Å². The SMILES string of the molecule is COCCCn1c(CC2CCCN2C(C)C)nc2cccnc21. The lowest BCUT2D eigenvalue weighted by Gasteiger charge is -2.28. The number of rotatable bonds is 7. The van der Waals surface area contributed by atoms with E-state index in [1.807, 2.05) is 12.3 Å². The molecule has 3 heterocycles. The summed E-state index contributed by atoms with van der Waals surface area (Å²) < 4.78 is 7.51. The van der Waals surface area contributed by atoms with Gasteiger partial charge in [-0.25, -0.2) is 9.97 Å². The van der Waals surface area contributed by atoms with E-state index in [-0.39, 0.29) is 0 Å². The van der Waals surface area contributed by atoms with Crippen molar-refractivity contribution >= 4 is 11.2 Å². The maximum atomic E-state index is 5.21. The van der Waals surface area contributed by atoms with Crippen LogP contribution >= 0.6 is 0 Å². The fraction of sp³-hybridized carbons (Fsp3) is 0.667. The standard InChI is InChI=1S/C18H28N4O/c1-14(2)21-10-5-7-15(21)13-17-20-16-8-4-9-19-18(16)22(17)11-6-12-23-3/h4,8-9,14-15H,5-7,10-13H2,1-3H3. The molecule has 1 fully saturated rings. The smallest absolute Gasteiger partial charge is 0.159 e. The second-order valence-corrected chi connectivity index (χ2v) is 6.70. The van der Waals surface area contributed by atoms with Crippen molar-refractivity contribution < 1.29 is 4.74 Å². The Balaban J connectivity index is 1.85. The van der Waals surface area contributed by atoms with Gasteiger partial charge in [0.15, 0.2) is 5.65 Å². The summed E-state index contributed by atoms with van der Waals surface area (Å²) in [4.78, 5) is 12.1. The second-order valence-electron chi connectivity index (χ2n) is 6.70. The van der Waals surface area contributed by atoms with E-state index in [4.69, 9.17) is 9.72 Å². The first-order valence-corrected chi connectivity index (χ1v) is 8.75. The van der Waals surface area contributed by atoms with Gasteiger partial charge < -0.3 is 9.30 Å². The summed E-state index contributed by atoms with van der Waals surface area (Å²) in [6.07, 6.45) is 6.43. The Hall–Kier alpha value is -1.46. The summed E-state index contributed by atoms with van der Waals surface area (Å²) in [7, 11) is 1.75. The van der Waals surface area contributed by atoms with E-state index in [9.17, 15) is 0 Å². The fourth-order valence-corrected chi connectivity index (χ4v) is 3.73. The van der Waals surface area contributed by atoms with E-state index in [2.05, 4.69) is 34.4 Å². The molecule has 0 radical (unpaired) electrons. The molecule has 0 spiro atoms. The molecule has 1 unspecified atom stereocenters. The molecular formula is C18H28N4O. The highest BCUT2D eigenvalue weighted by atomic mass is 16.5. The zero-order valence-electron chi connectivity index (χ0n) is 14.5. The largest absolute Gasteiger partial charge is 0.385 e. The number of methoxy groups -OCH3 is 1. The number of ether oxygens (including phenoxy) is 1. The normalized spacial score (nSPS) is 19.2. The Bertz CT molecular complexity index is 637. The van der Waals surface area contributed by atoms with E-state index in [1.54, 1.807) is 7.11 Å². The molecule has 2 aromatic rings. The van der Waals surface area contributed by atoms with Crippen LogP contribution in [0.15, 0.2) is 18.3 Å². The minimum Gasteiger partial charge on any atom is -0.385 e. The molecule has 5 heteroatoms. The van der Waals surface area contributed by atoms with Crippen molar-refractivity contribution in [2.24, 2.45) is 0 Å². The van der Waals surface area contributed by atoms with Gasteiger partial charge in [-0.2, -0.15) is 0 Å². The van der Waals surface area contributed by atoms with Gasteiger partial charge in [-0.3, -0.25) is 4.90 Å². The molecule has 2 aromatic heterocycles. The van der Waals surface area contributed by atoms with Gasteiger partial charge >= 0.3 is 0 Å². The van der Waals surface area contributed by atoms with Gasteiger partial charge in [0.25, 0.3) is 0 Å². The second kappa shape index (κ2) is 7.41. The molecule has 0 amide bonds. The Morgan fingerprint density at radius 1 is 1.39 bits per heavy atom. The molecule has 1 aliphatic heterocycles. The topological polar surface area (TPSA) is 43.2 Å². The van der Waals surface area contributed by atoms with Crippen LogP contribution < -0.4 is 0 Å². The van der Waals surface area contributed by atoms with Crippen molar-refractivity contribution in [1.82, 2.24) is 19.4 Å². The van der Waals surface area contributed by atoms with Crippen LogP contribution in [-0.2, 0) is 17.7 Å². The van der Waals surface area contributed by atoms with Gasteiger partial charge in [0.1, 0.15) is 11.3 Å². The van der Waals surface area contributed by atoms with Crippen molar-refractivity contribution in [3.63, 3.8) is 0 Å². The first kappa shape index (κ1) is 16.4. The van der Waals surface area contributed by atoms with Gasteiger partial charge in [0.05, 0.1) is 0 Å². The van der Waals surface area contributed by atoms with Gasteiger partial charge in [0.2, 0.25) is 0 Å². The highest BCUT2D eigenvalue weighted by molar-refractivity contribution is 5.71. The lowest BCUT2D eigenvalue weighted by molar-refractivity contribution is 0.188. The number of hydrogen-bond donors (Lipinski definition) is 0. The number of pyridine rings is 1. The molecule has 1 aliphatic rings. The van der Waals surface area contributed by atoms with E-state index in [0.29, 0.717) is 12.1 Å². The molecule has 1 saturated heterocycles. The Labute approximate surface area is 138 Å². The molecule has 126 valence electrons. The van der Waals surface area contributed by atoms with E-state index < -0.39 is 0 Å². The number of aryl methyl sites for hydroxylation is 1. The molecule has 0 N–H and O–H groups in total. The first-order valence-electron chi connectivity index (χ1n) is 8.75. The minimum atomic E-state index is 0.604. The monoisotopic (exact) mass is 316 g/mol. The van der Waals surface area contributed by atoms with E-state index in [0.717, 1.165) is 37.2 Å². The average Bonchev–Trinajstić information content (AvgIpc) is 3.13. The molecule has 23 heavy (non-hydrogen) atoms. The van der Waals surface area contributed by atoms with Gasteiger partial charge in [0, 0.05) is 45.0 Å². The van der Waals surface area contributed by atoms with Crippen molar-refractivity contribution in [2.45, 2.75) is 58.2 Å².